The average molecular weight is 313 g/mol. The predicted molar refractivity (Wildman–Crippen MR) is 89.7 cm³/mol. The number of aromatic amines is 1. The maximum absolute atomic E-state index is 13.0. The van der Waals surface area contributed by atoms with Crippen LogP contribution in [0.1, 0.15) is 29.9 Å². The second-order valence-electron chi connectivity index (χ2n) is 5.46. The highest BCUT2D eigenvalue weighted by atomic mass is 32.2. The molecule has 0 spiro atoms. The molecule has 0 saturated heterocycles. The quantitative estimate of drug-likeness (QED) is 0.776. The van der Waals surface area contributed by atoms with Gasteiger partial charge in [0.2, 0.25) is 0 Å². The Kier molecular flexibility index (Phi) is 3.79. The van der Waals surface area contributed by atoms with Gasteiger partial charge in [-0.1, -0.05) is 43.3 Å². The Morgan fingerprint density at radius 1 is 1.00 bits per heavy atom. The number of hydrogen-bond acceptors (Lipinski definition) is 2. The number of para-hydroxylation sites is 1. The summed E-state index contributed by atoms with van der Waals surface area (Å²) in [6, 6.07) is 16.6. The second kappa shape index (κ2) is 5.61. The molecule has 22 heavy (non-hydrogen) atoms. The molecule has 3 rings (SSSR count). The van der Waals surface area contributed by atoms with Gasteiger partial charge in [-0.15, -0.1) is 0 Å². The van der Waals surface area contributed by atoms with E-state index in [1.54, 1.807) is 24.3 Å². The molecule has 0 radical (unpaired) electrons. The molecule has 0 fully saturated rings. The molecular formula is C18H19NO2S. The van der Waals surface area contributed by atoms with Gasteiger partial charge in [0.05, 0.1) is 10.1 Å². The molecule has 3 nitrogen and oxygen atoms in total. The van der Waals surface area contributed by atoms with Crippen LogP contribution >= 0.6 is 0 Å². The number of nitrogens with one attached hydrogen (secondary N) is 1. The Morgan fingerprint density at radius 3 is 2.32 bits per heavy atom. The summed E-state index contributed by atoms with van der Waals surface area (Å²) < 4.78 is 26.1. The van der Waals surface area contributed by atoms with E-state index in [2.05, 4.69) is 4.98 Å². The van der Waals surface area contributed by atoms with Crippen molar-refractivity contribution in [3.05, 3.63) is 65.9 Å². The fourth-order valence-electron chi connectivity index (χ4n) is 3.07. The topological polar surface area (TPSA) is 49.9 Å². The van der Waals surface area contributed by atoms with Crippen molar-refractivity contribution in [3.63, 3.8) is 0 Å². The summed E-state index contributed by atoms with van der Waals surface area (Å²) in [6.07, 6.45) is 0.542. The van der Waals surface area contributed by atoms with Gasteiger partial charge >= 0.3 is 0 Å². The first-order valence-electron chi connectivity index (χ1n) is 7.42. The SMILES string of the molecule is CCC(c1c(C)[nH]c2ccccc12)S(=O)(=O)c1ccccc1. The van der Waals surface area contributed by atoms with Crippen LogP contribution in [0.25, 0.3) is 10.9 Å². The van der Waals surface area contributed by atoms with Crippen molar-refractivity contribution in [2.45, 2.75) is 30.4 Å². The van der Waals surface area contributed by atoms with Gasteiger partial charge in [-0.25, -0.2) is 8.42 Å². The van der Waals surface area contributed by atoms with Gasteiger partial charge in [-0.05, 0) is 37.1 Å². The molecule has 0 aliphatic heterocycles. The number of benzene rings is 2. The lowest BCUT2D eigenvalue weighted by Crippen LogP contribution is -2.13. The number of H-pyrrole nitrogens is 1. The molecule has 1 unspecified atom stereocenters. The molecule has 0 aliphatic rings. The van der Waals surface area contributed by atoms with E-state index in [0.717, 1.165) is 22.2 Å². The molecule has 0 aliphatic carbocycles. The third-order valence-corrected chi connectivity index (χ3v) is 6.33. The van der Waals surface area contributed by atoms with Gasteiger partial charge in [0.15, 0.2) is 9.84 Å². The van der Waals surface area contributed by atoms with Crippen LogP contribution < -0.4 is 0 Å². The van der Waals surface area contributed by atoms with E-state index >= 15 is 0 Å². The van der Waals surface area contributed by atoms with Crippen LogP contribution in [0.2, 0.25) is 0 Å². The molecule has 3 aromatic rings. The number of rotatable bonds is 4. The maximum atomic E-state index is 13.0. The summed E-state index contributed by atoms with van der Waals surface area (Å²) in [4.78, 5) is 3.68. The lowest BCUT2D eigenvalue weighted by atomic mass is 10.1. The minimum Gasteiger partial charge on any atom is -0.358 e. The highest BCUT2D eigenvalue weighted by Gasteiger charge is 2.30. The van der Waals surface area contributed by atoms with Crippen LogP contribution in [0.4, 0.5) is 0 Å². The summed E-state index contributed by atoms with van der Waals surface area (Å²) in [5.41, 5.74) is 2.80. The van der Waals surface area contributed by atoms with E-state index < -0.39 is 15.1 Å². The number of fused-ring (bicyclic) bond motifs is 1. The monoisotopic (exact) mass is 313 g/mol. The maximum Gasteiger partial charge on any atom is 0.185 e. The van der Waals surface area contributed by atoms with E-state index in [-0.39, 0.29) is 0 Å². The first-order chi connectivity index (χ1) is 10.6. The summed E-state index contributed by atoms with van der Waals surface area (Å²) in [6.45, 7) is 3.87. The van der Waals surface area contributed by atoms with E-state index in [1.165, 1.54) is 0 Å². The van der Waals surface area contributed by atoms with Gasteiger partial charge in [-0.3, -0.25) is 0 Å². The minimum atomic E-state index is -3.41. The Morgan fingerprint density at radius 2 is 1.64 bits per heavy atom. The molecule has 1 heterocycles. The van der Waals surface area contributed by atoms with E-state index in [9.17, 15) is 8.42 Å². The molecule has 0 amide bonds. The molecule has 0 bridgehead atoms. The zero-order valence-corrected chi connectivity index (χ0v) is 13.5. The van der Waals surface area contributed by atoms with Gasteiger partial charge in [0.1, 0.15) is 0 Å². The largest absolute Gasteiger partial charge is 0.358 e. The fraction of sp³-hybridized carbons (Fsp3) is 0.222. The van der Waals surface area contributed by atoms with Crippen LogP contribution in [0.5, 0.6) is 0 Å². The lowest BCUT2D eigenvalue weighted by Gasteiger charge is -2.17. The minimum absolute atomic E-state index is 0.381. The van der Waals surface area contributed by atoms with Crippen molar-refractivity contribution in [2.75, 3.05) is 0 Å². The Balaban J connectivity index is 2.21. The highest BCUT2D eigenvalue weighted by molar-refractivity contribution is 7.91. The van der Waals surface area contributed by atoms with Crippen molar-refractivity contribution in [1.82, 2.24) is 4.98 Å². The standard InChI is InChI=1S/C18H19NO2S/c1-3-17(22(20,21)14-9-5-4-6-10-14)18-13(2)19-16-12-8-7-11-15(16)18/h4-12,17,19H,3H2,1-2H3. The van der Waals surface area contributed by atoms with Crippen LogP contribution in [-0.4, -0.2) is 13.4 Å². The van der Waals surface area contributed by atoms with E-state index in [0.29, 0.717) is 11.3 Å². The Labute approximate surface area is 130 Å². The number of aryl methyl sites for hydroxylation is 1. The van der Waals surface area contributed by atoms with Gasteiger partial charge in [0, 0.05) is 16.6 Å². The van der Waals surface area contributed by atoms with Gasteiger partial charge in [-0.2, -0.15) is 0 Å². The van der Waals surface area contributed by atoms with Crippen molar-refractivity contribution in [3.8, 4) is 0 Å². The summed E-state index contributed by atoms with van der Waals surface area (Å²) in [5, 5.41) is 0.456. The summed E-state index contributed by atoms with van der Waals surface area (Å²) in [7, 11) is -3.41. The Hall–Kier alpha value is -2.07. The normalized spacial score (nSPS) is 13.4. The van der Waals surface area contributed by atoms with Crippen LogP contribution in [0.15, 0.2) is 59.5 Å². The lowest BCUT2D eigenvalue weighted by molar-refractivity contribution is 0.579. The zero-order valence-electron chi connectivity index (χ0n) is 12.7. The number of sulfone groups is 1. The first kappa shape index (κ1) is 14.9. The fourth-order valence-corrected chi connectivity index (χ4v) is 4.98. The first-order valence-corrected chi connectivity index (χ1v) is 8.96. The van der Waals surface area contributed by atoms with Gasteiger partial charge < -0.3 is 4.98 Å². The molecule has 4 heteroatoms. The highest BCUT2D eigenvalue weighted by Crippen LogP contribution is 2.37. The third kappa shape index (κ3) is 2.33. The van der Waals surface area contributed by atoms with Crippen molar-refractivity contribution in [2.24, 2.45) is 0 Å². The summed E-state index contributed by atoms with van der Waals surface area (Å²) in [5.74, 6) is 0. The third-order valence-electron chi connectivity index (χ3n) is 4.08. The molecule has 114 valence electrons. The molecule has 2 aromatic carbocycles. The van der Waals surface area contributed by atoms with Crippen molar-refractivity contribution in [1.29, 1.82) is 0 Å². The van der Waals surface area contributed by atoms with Gasteiger partial charge in [0.25, 0.3) is 0 Å². The predicted octanol–water partition coefficient (Wildman–Crippen LogP) is 4.40. The van der Waals surface area contributed by atoms with Crippen molar-refractivity contribution < 1.29 is 8.42 Å². The van der Waals surface area contributed by atoms with E-state index in [4.69, 9.17) is 0 Å². The average Bonchev–Trinajstić information content (AvgIpc) is 2.85. The number of aromatic nitrogens is 1. The smallest absolute Gasteiger partial charge is 0.185 e. The molecule has 1 aromatic heterocycles. The van der Waals surface area contributed by atoms with Crippen LogP contribution in [0.3, 0.4) is 0 Å². The van der Waals surface area contributed by atoms with Crippen LogP contribution in [0, 0.1) is 6.92 Å². The molecule has 1 atom stereocenters. The van der Waals surface area contributed by atoms with E-state index in [1.807, 2.05) is 44.2 Å². The van der Waals surface area contributed by atoms with Crippen molar-refractivity contribution >= 4 is 20.7 Å². The molecule has 0 saturated carbocycles. The molecule has 1 N–H and O–H groups in total. The molecular weight excluding hydrogens is 294 g/mol. The zero-order chi connectivity index (χ0) is 15.7. The van der Waals surface area contributed by atoms with Crippen LogP contribution in [-0.2, 0) is 9.84 Å². The Bertz CT molecular complexity index is 895. The number of hydrogen-bond donors (Lipinski definition) is 1. The second-order valence-corrected chi connectivity index (χ2v) is 7.59. The summed E-state index contributed by atoms with van der Waals surface area (Å²) >= 11 is 0.